The molecule has 2 heterocycles. The molecule has 0 saturated carbocycles. The number of nitrogens with one attached hydrogen (secondary N) is 2. The van der Waals surface area contributed by atoms with Gasteiger partial charge in [-0.2, -0.15) is 0 Å². The second kappa shape index (κ2) is 5.94. The van der Waals surface area contributed by atoms with Crippen LogP contribution < -0.4 is 10.6 Å². The van der Waals surface area contributed by atoms with Gasteiger partial charge in [-0.3, -0.25) is 9.59 Å². The highest BCUT2D eigenvalue weighted by atomic mass is 32.1. The fourth-order valence-corrected chi connectivity index (χ4v) is 2.84. The van der Waals surface area contributed by atoms with E-state index in [1.165, 1.54) is 22.7 Å². The number of carbonyl (C=O) groups excluding carboxylic acids is 2. The first-order valence-corrected chi connectivity index (χ1v) is 7.25. The van der Waals surface area contributed by atoms with Gasteiger partial charge in [-0.05, 0) is 26.0 Å². The predicted octanol–water partition coefficient (Wildman–Crippen LogP) is 2.19. The SMILES string of the molecule is Cc1ccc(C(=O)NCC(=O)Nc2ncc(C)s2)s1. The average molecular weight is 295 g/mol. The van der Waals surface area contributed by atoms with Crippen LogP contribution in [0.5, 0.6) is 0 Å². The molecule has 5 nitrogen and oxygen atoms in total. The third-order valence-corrected chi connectivity index (χ3v) is 4.07. The van der Waals surface area contributed by atoms with Gasteiger partial charge in [0, 0.05) is 16.0 Å². The molecule has 2 aromatic heterocycles. The Hall–Kier alpha value is -1.73. The summed E-state index contributed by atoms with van der Waals surface area (Å²) in [6, 6.07) is 3.62. The monoisotopic (exact) mass is 295 g/mol. The molecule has 2 N–H and O–H groups in total. The first kappa shape index (κ1) is 13.7. The van der Waals surface area contributed by atoms with Crippen LogP contribution in [0.2, 0.25) is 0 Å². The summed E-state index contributed by atoms with van der Waals surface area (Å²) in [5.41, 5.74) is 0. The van der Waals surface area contributed by atoms with Crippen molar-refractivity contribution < 1.29 is 9.59 Å². The van der Waals surface area contributed by atoms with Crippen molar-refractivity contribution in [2.75, 3.05) is 11.9 Å². The molecular weight excluding hydrogens is 282 g/mol. The second-order valence-corrected chi connectivity index (χ2v) is 6.44. The van der Waals surface area contributed by atoms with E-state index in [0.29, 0.717) is 10.0 Å². The maximum Gasteiger partial charge on any atom is 0.261 e. The smallest absolute Gasteiger partial charge is 0.261 e. The molecular formula is C12H13N3O2S2. The average Bonchev–Trinajstić information content (AvgIpc) is 2.95. The lowest BCUT2D eigenvalue weighted by molar-refractivity contribution is -0.115. The Bertz CT molecular complexity index is 604. The van der Waals surface area contributed by atoms with Gasteiger partial charge in [0.15, 0.2) is 5.13 Å². The second-order valence-electron chi connectivity index (χ2n) is 3.92. The number of hydrogen-bond donors (Lipinski definition) is 2. The van der Waals surface area contributed by atoms with Crippen LogP contribution in [0.1, 0.15) is 19.4 Å². The maximum absolute atomic E-state index is 11.7. The zero-order valence-electron chi connectivity index (χ0n) is 10.5. The Kier molecular flexibility index (Phi) is 4.28. The van der Waals surface area contributed by atoms with E-state index in [1.54, 1.807) is 12.3 Å². The largest absolute Gasteiger partial charge is 0.342 e. The highest BCUT2D eigenvalue weighted by Crippen LogP contribution is 2.16. The van der Waals surface area contributed by atoms with Crippen LogP contribution >= 0.6 is 22.7 Å². The van der Waals surface area contributed by atoms with E-state index in [-0.39, 0.29) is 18.4 Å². The number of thiophene rings is 1. The van der Waals surface area contributed by atoms with E-state index in [1.807, 2.05) is 19.9 Å². The molecule has 0 fully saturated rings. The molecule has 19 heavy (non-hydrogen) atoms. The van der Waals surface area contributed by atoms with Gasteiger partial charge in [-0.1, -0.05) is 0 Å². The highest BCUT2D eigenvalue weighted by Gasteiger charge is 2.10. The zero-order chi connectivity index (χ0) is 13.8. The van der Waals surface area contributed by atoms with Gasteiger partial charge in [-0.15, -0.1) is 22.7 Å². The van der Waals surface area contributed by atoms with Gasteiger partial charge >= 0.3 is 0 Å². The van der Waals surface area contributed by atoms with Crippen LogP contribution in [0.25, 0.3) is 0 Å². The van der Waals surface area contributed by atoms with Crippen LogP contribution in [-0.4, -0.2) is 23.3 Å². The number of aryl methyl sites for hydroxylation is 2. The minimum absolute atomic E-state index is 0.0611. The van der Waals surface area contributed by atoms with E-state index < -0.39 is 0 Å². The number of nitrogens with zero attached hydrogens (tertiary/aromatic N) is 1. The Morgan fingerprint density at radius 3 is 2.58 bits per heavy atom. The summed E-state index contributed by atoms with van der Waals surface area (Å²) in [4.78, 5) is 30.0. The quantitative estimate of drug-likeness (QED) is 0.908. The number of anilines is 1. The van der Waals surface area contributed by atoms with Crippen molar-refractivity contribution in [3.05, 3.63) is 33.0 Å². The molecule has 0 atom stereocenters. The zero-order valence-corrected chi connectivity index (χ0v) is 12.2. The minimum Gasteiger partial charge on any atom is -0.342 e. The topological polar surface area (TPSA) is 71.1 Å². The first-order valence-electron chi connectivity index (χ1n) is 5.61. The third-order valence-electron chi connectivity index (χ3n) is 2.24. The van der Waals surface area contributed by atoms with Crippen LogP contribution in [-0.2, 0) is 4.79 Å². The molecule has 0 unspecified atom stereocenters. The van der Waals surface area contributed by atoms with Crippen molar-refractivity contribution in [2.45, 2.75) is 13.8 Å². The van der Waals surface area contributed by atoms with Gasteiger partial charge in [-0.25, -0.2) is 4.98 Å². The molecule has 0 aliphatic carbocycles. The molecule has 2 rings (SSSR count). The van der Waals surface area contributed by atoms with Gasteiger partial charge in [0.2, 0.25) is 5.91 Å². The molecule has 0 saturated heterocycles. The van der Waals surface area contributed by atoms with Crippen LogP contribution in [0.15, 0.2) is 18.3 Å². The number of amides is 2. The van der Waals surface area contributed by atoms with Gasteiger partial charge in [0.25, 0.3) is 5.91 Å². The molecule has 0 bridgehead atoms. The summed E-state index contributed by atoms with van der Waals surface area (Å²) in [5, 5.41) is 5.75. The number of rotatable bonds is 4. The number of carbonyl (C=O) groups is 2. The molecule has 7 heteroatoms. The van der Waals surface area contributed by atoms with E-state index in [9.17, 15) is 9.59 Å². The molecule has 0 radical (unpaired) electrons. The van der Waals surface area contributed by atoms with Gasteiger partial charge < -0.3 is 10.6 Å². The molecule has 0 aliphatic heterocycles. The van der Waals surface area contributed by atoms with Crippen molar-refractivity contribution in [2.24, 2.45) is 0 Å². The standard InChI is InChI=1S/C12H13N3O2S2/c1-7-3-4-9(18-7)11(17)13-6-10(16)15-12-14-5-8(2)19-12/h3-5H,6H2,1-2H3,(H,13,17)(H,14,15,16). The Balaban J connectivity index is 1.82. The highest BCUT2D eigenvalue weighted by molar-refractivity contribution is 7.15. The maximum atomic E-state index is 11.7. The number of thiazole rings is 1. The Morgan fingerprint density at radius 1 is 1.21 bits per heavy atom. The summed E-state index contributed by atoms with van der Waals surface area (Å²) >= 11 is 2.80. The summed E-state index contributed by atoms with van der Waals surface area (Å²) in [5.74, 6) is -0.514. The van der Waals surface area contributed by atoms with E-state index in [4.69, 9.17) is 0 Å². The molecule has 0 aromatic carbocycles. The van der Waals surface area contributed by atoms with Crippen molar-refractivity contribution in [1.29, 1.82) is 0 Å². The van der Waals surface area contributed by atoms with Crippen molar-refractivity contribution in [3.63, 3.8) is 0 Å². The number of hydrogen-bond acceptors (Lipinski definition) is 5. The molecule has 2 amide bonds. The summed E-state index contributed by atoms with van der Waals surface area (Å²) < 4.78 is 0. The molecule has 2 aromatic rings. The Labute approximate surface area is 118 Å². The normalized spacial score (nSPS) is 10.2. The lowest BCUT2D eigenvalue weighted by Crippen LogP contribution is -2.32. The molecule has 0 spiro atoms. The Morgan fingerprint density at radius 2 is 2.00 bits per heavy atom. The molecule has 100 valence electrons. The summed E-state index contributed by atoms with van der Waals surface area (Å²) in [6.45, 7) is 3.78. The first-order chi connectivity index (χ1) is 9.04. The van der Waals surface area contributed by atoms with Crippen LogP contribution in [0.4, 0.5) is 5.13 Å². The van der Waals surface area contributed by atoms with Crippen molar-refractivity contribution in [1.82, 2.24) is 10.3 Å². The molecule has 0 aliphatic rings. The minimum atomic E-state index is -0.282. The lowest BCUT2D eigenvalue weighted by Gasteiger charge is -2.03. The van der Waals surface area contributed by atoms with E-state index >= 15 is 0 Å². The summed E-state index contributed by atoms with van der Waals surface area (Å²) in [6.07, 6.45) is 1.69. The predicted molar refractivity (Wildman–Crippen MR) is 76.9 cm³/mol. The van der Waals surface area contributed by atoms with E-state index in [0.717, 1.165) is 9.75 Å². The number of aromatic nitrogens is 1. The summed E-state index contributed by atoms with van der Waals surface area (Å²) in [7, 11) is 0. The fraction of sp³-hybridized carbons (Fsp3) is 0.250. The van der Waals surface area contributed by atoms with Crippen LogP contribution in [0, 0.1) is 13.8 Å². The third kappa shape index (κ3) is 3.87. The van der Waals surface area contributed by atoms with Crippen molar-refractivity contribution in [3.8, 4) is 0 Å². The lowest BCUT2D eigenvalue weighted by atomic mass is 10.4. The fourth-order valence-electron chi connectivity index (χ4n) is 1.38. The van der Waals surface area contributed by atoms with Gasteiger partial charge in [0.1, 0.15) is 0 Å². The van der Waals surface area contributed by atoms with Crippen LogP contribution in [0.3, 0.4) is 0 Å². The van der Waals surface area contributed by atoms with Gasteiger partial charge in [0.05, 0.1) is 11.4 Å². The van der Waals surface area contributed by atoms with E-state index in [2.05, 4.69) is 15.6 Å². The van der Waals surface area contributed by atoms with Crippen molar-refractivity contribution >= 4 is 39.6 Å².